The third kappa shape index (κ3) is 3.43. The number of anilines is 1. The second kappa shape index (κ2) is 7.33. The first-order chi connectivity index (χ1) is 10.6. The Morgan fingerprint density at radius 2 is 1.55 bits per heavy atom. The molecule has 5 nitrogen and oxygen atoms in total. The van der Waals surface area contributed by atoms with Gasteiger partial charge in [-0.2, -0.15) is 0 Å². The van der Waals surface area contributed by atoms with Crippen LogP contribution >= 0.6 is 23.2 Å². The minimum Gasteiger partial charge on any atom is -0.495 e. The predicted molar refractivity (Wildman–Crippen MR) is 90.1 cm³/mol. The minimum atomic E-state index is 0.414. The van der Waals surface area contributed by atoms with Crippen molar-refractivity contribution < 1.29 is 9.47 Å². The van der Waals surface area contributed by atoms with E-state index in [-0.39, 0.29) is 0 Å². The lowest BCUT2D eigenvalue weighted by molar-refractivity contribution is 0.394. The van der Waals surface area contributed by atoms with E-state index in [1.165, 1.54) is 14.2 Å². The van der Waals surface area contributed by atoms with E-state index >= 15 is 0 Å². The highest BCUT2D eigenvalue weighted by atomic mass is 35.5. The number of hydrogen-bond acceptors (Lipinski definition) is 5. The third-order valence-corrected chi connectivity index (χ3v) is 3.73. The van der Waals surface area contributed by atoms with E-state index in [9.17, 15) is 0 Å². The van der Waals surface area contributed by atoms with Crippen molar-refractivity contribution in [2.45, 2.75) is 0 Å². The summed E-state index contributed by atoms with van der Waals surface area (Å²) < 4.78 is 10.5. The molecule has 0 aliphatic carbocycles. The Morgan fingerprint density at radius 3 is 2.00 bits per heavy atom. The summed E-state index contributed by atoms with van der Waals surface area (Å²) in [4.78, 5) is 8.27. The number of rotatable bonds is 5. The first-order valence-corrected chi connectivity index (χ1v) is 7.14. The molecule has 0 spiro atoms. The maximum absolute atomic E-state index is 6.30. The summed E-state index contributed by atoms with van der Waals surface area (Å²) in [5, 5.41) is 3.68. The van der Waals surface area contributed by atoms with E-state index < -0.39 is 0 Å². The van der Waals surface area contributed by atoms with Crippen molar-refractivity contribution in [3.05, 3.63) is 39.6 Å². The monoisotopic (exact) mass is 339 g/mol. The van der Waals surface area contributed by atoms with E-state index in [1.54, 1.807) is 31.6 Å². The van der Waals surface area contributed by atoms with Crippen LogP contribution in [0.15, 0.2) is 18.5 Å². The summed E-state index contributed by atoms with van der Waals surface area (Å²) in [7, 11) is 4.83. The maximum Gasteiger partial charge on any atom is 0.222 e. The Labute approximate surface area is 138 Å². The van der Waals surface area contributed by atoms with Crippen molar-refractivity contribution in [2.24, 2.45) is 0 Å². The van der Waals surface area contributed by atoms with Crippen LogP contribution in [0, 0.1) is 0 Å². The quantitative estimate of drug-likeness (QED) is 0.891. The Hall–Kier alpha value is -1.98. The van der Waals surface area contributed by atoms with Crippen LogP contribution in [0.4, 0.5) is 5.95 Å². The molecule has 0 radical (unpaired) electrons. The lowest BCUT2D eigenvalue weighted by Gasteiger charge is -2.12. The first kappa shape index (κ1) is 16.4. The zero-order chi connectivity index (χ0) is 16.1. The summed E-state index contributed by atoms with van der Waals surface area (Å²) in [6.45, 7) is 0. The summed E-state index contributed by atoms with van der Waals surface area (Å²) in [6, 6.07) is 1.65. The van der Waals surface area contributed by atoms with Gasteiger partial charge in [0.05, 0.1) is 24.3 Å². The normalized spacial score (nSPS) is 10.8. The standard InChI is InChI=1S/C15H15Cl2N3O2/c1-18-15-19-7-9(8-20-15)4-5-10-13(16)11(21-2)6-12(22-3)14(10)17/h4-8H,1-3H3,(H,18,19,20)/b5-4+. The highest BCUT2D eigenvalue weighted by Gasteiger charge is 2.15. The van der Waals surface area contributed by atoms with Crippen LogP contribution in [0.2, 0.25) is 10.0 Å². The molecule has 0 fully saturated rings. The number of hydrogen-bond donors (Lipinski definition) is 1. The summed E-state index contributed by atoms with van der Waals surface area (Å²) in [6.07, 6.45) is 6.96. The molecule has 116 valence electrons. The molecule has 0 unspecified atom stereocenters. The molecule has 0 atom stereocenters. The average Bonchev–Trinajstić information content (AvgIpc) is 2.55. The Kier molecular flexibility index (Phi) is 5.46. The molecule has 0 aliphatic rings. The minimum absolute atomic E-state index is 0.414. The van der Waals surface area contributed by atoms with Gasteiger partial charge in [0.15, 0.2) is 0 Å². The summed E-state index contributed by atoms with van der Waals surface area (Å²) in [5.74, 6) is 1.53. The molecule has 0 saturated carbocycles. The van der Waals surface area contributed by atoms with Gasteiger partial charge in [-0.3, -0.25) is 0 Å². The largest absolute Gasteiger partial charge is 0.495 e. The molecule has 1 N–H and O–H groups in total. The molecule has 0 bridgehead atoms. The number of benzene rings is 1. The molecule has 0 aliphatic heterocycles. The van der Waals surface area contributed by atoms with E-state index in [0.29, 0.717) is 33.1 Å². The van der Waals surface area contributed by atoms with E-state index in [4.69, 9.17) is 32.7 Å². The fourth-order valence-corrected chi connectivity index (χ4v) is 2.41. The van der Waals surface area contributed by atoms with Crippen molar-refractivity contribution in [1.29, 1.82) is 0 Å². The summed E-state index contributed by atoms with van der Waals surface area (Å²) in [5.41, 5.74) is 1.42. The molecule has 0 saturated heterocycles. The van der Waals surface area contributed by atoms with Gasteiger partial charge in [0.1, 0.15) is 11.5 Å². The topological polar surface area (TPSA) is 56.3 Å². The van der Waals surface area contributed by atoms with Crippen LogP contribution in [0.25, 0.3) is 12.2 Å². The third-order valence-electron chi connectivity index (χ3n) is 2.95. The van der Waals surface area contributed by atoms with Crippen molar-refractivity contribution in [3.8, 4) is 11.5 Å². The predicted octanol–water partition coefficient (Wildman–Crippen LogP) is 4.01. The van der Waals surface area contributed by atoms with Gasteiger partial charge in [-0.15, -0.1) is 0 Å². The van der Waals surface area contributed by atoms with Gasteiger partial charge < -0.3 is 14.8 Å². The lowest BCUT2D eigenvalue weighted by atomic mass is 10.1. The fraction of sp³-hybridized carbons (Fsp3) is 0.200. The van der Waals surface area contributed by atoms with Crippen molar-refractivity contribution in [1.82, 2.24) is 9.97 Å². The van der Waals surface area contributed by atoms with Crippen LogP contribution in [0.3, 0.4) is 0 Å². The van der Waals surface area contributed by atoms with Gasteiger partial charge in [0, 0.05) is 36.6 Å². The Bertz CT molecular complexity index is 660. The number of ether oxygens (including phenoxy) is 2. The molecule has 1 aromatic carbocycles. The van der Waals surface area contributed by atoms with Crippen molar-refractivity contribution in [3.63, 3.8) is 0 Å². The molecule has 2 aromatic rings. The van der Waals surface area contributed by atoms with Crippen LogP contribution < -0.4 is 14.8 Å². The van der Waals surface area contributed by atoms with Crippen molar-refractivity contribution >= 4 is 41.3 Å². The van der Waals surface area contributed by atoms with Gasteiger partial charge in [-0.05, 0) is 0 Å². The van der Waals surface area contributed by atoms with Gasteiger partial charge in [0.2, 0.25) is 5.95 Å². The highest BCUT2D eigenvalue weighted by molar-refractivity contribution is 6.39. The molecule has 1 heterocycles. The van der Waals surface area contributed by atoms with Gasteiger partial charge in [-0.1, -0.05) is 35.4 Å². The number of methoxy groups -OCH3 is 2. The van der Waals surface area contributed by atoms with Crippen LogP contribution in [0.5, 0.6) is 11.5 Å². The maximum atomic E-state index is 6.30. The second-order valence-electron chi connectivity index (χ2n) is 4.25. The van der Waals surface area contributed by atoms with Crippen LogP contribution in [-0.4, -0.2) is 31.2 Å². The Morgan fingerprint density at radius 1 is 1.00 bits per heavy atom. The summed E-state index contributed by atoms with van der Waals surface area (Å²) >= 11 is 12.6. The number of nitrogens with zero attached hydrogens (tertiary/aromatic N) is 2. The Balaban J connectivity index is 2.40. The number of aromatic nitrogens is 2. The molecular weight excluding hydrogens is 325 g/mol. The smallest absolute Gasteiger partial charge is 0.222 e. The fourth-order valence-electron chi connectivity index (χ4n) is 1.78. The van der Waals surface area contributed by atoms with Gasteiger partial charge in [-0.25, -0.2) is 9.97 Å². The zero-order valence-corrected chi connectivity index (χ0v) is 13.9. The highest BCUT2D eigenvalue weighted by Crippen LogP contribution is 2.41. The second-order valence-corrected chi connectivity index (χ2v) is 5.00. The number of nitrogens with one attached hydrogen (secondary N) is 1. The zero-order valence-electron chi connectivity index (χ0n) is 12.4. The molecule has 0 amide bonds. The molecular formula is C15H15Cl2N3O2. The average molecular weight is 340 g/mol. The van der Waals surface area contributed by atoms with E-state index in [1.807, 2.05) is 6.08 Å². The van der Waals surface area contributed by atoms with E-state index in [0.717, 1.165) is 5.56 Å². The molecule has 2 rings (SSSR count). The first-order valence-electron chi connectivity index (χ1n) is 6.38. The SMILES string of the molecule is CNc1ncc(/C=C/c2c(Cl)c(OC)cc(OC)c2Cl)cn1. The van der Waals surface area contributed by atoms with E-state index in [2.05, 4.69) is 15.3 Å². The van der Waals surface area contributed by atoms with Crippen molar-refractivity contribution in [2.75, 3.05) is 26.6 Å². The van der Waals surface area contributed by atoms with Crippen LogP contribution in [-0.2, 0) is 0 Å². The van der Waals surface area contributed by atoms with Gasteiger partial charge >= 0.3 is 0 Å². The molecule has 22 heavy (non-hydrogen) atoms. The molecule has 1 aromatic heterocycles. The lowest BCUT2D eigenvalue weighted by Crippen LogP contribution is -1.95. The van der Waals surface area contributed by atoms with Crippen LogP contribution in [0.1, 0.15) is 11.1 Å². The number of halogens is 2. The molecule has 7 heteroatoms. The van der Waals surface area contributed by atoms with Gasteiger partial charge in [0.25, 0.3) is 0 Å².